The van der Waals surface area contributed by atoms with Crippen molar-refractivity contribution < 1.29 is 0 Å². The average Bonchev–Trinajstić information content (AvgIpc) is 3.36. The quantitative estimate of drug-likeness (QED) is 0.432. The van der Waals surface area contributed by atoms with E-state index in [1.165, 1.54) is 37.8 Å². The summed E-state index contributed by atoms with van der Waals surface area (Å²) in [7, 11) is 2.03. The monoisotopic (exact) mass is 564 g/mol. The van der Waals surface area contributed by atoms with Gasteiger partial charge < -0.3 is 15.5 Å². The Kier molecular flexibility index (Phi) is 8.27. The van der Waals surface area contributed by atoms with Gasteiger partial charge in [-0.05, 0) is 99.1 Å². The van der Waals surface area contributed by atoms with E-state index in [1.807, 2.05) is 43.3 Å². The third-order valence-electron chi connectivity index (χ3n) is 9.25. The first-order valence-corrected chi connectivity index (χ1v) is 15.4. The van der Waals surface area contributed by atoms with Crippen LogP contribution in [0.3, 0.4) is 0 Å². The maximum absolute atomic E-state index is 4.69. The van der Waals surface area contributed by atoms with E-state index in [0.717, 1.165) is 90.3 Å². The first kappa shape index (κ1) is 28.4. The van der Waals surface area contributed by atoms with Crippen LogP contribution in [0.2, 0.25) is 0 Å². The Hall–Kier alpha value is -3.75. The molecule has 3 aromatic heterocycles. The molecule has 0 atom stereocenters. The van der Waals surface area contributed by atoms with Crippen LogP contribution in [-0.4, -0.2) is 63.9 Å². The lowest BCUT2D eigenvalue weighted by Crippen LogP contribution is -2.60. The second kappa shape index (κ2) is 12.2. The Bertz CT molecular complexity index is 1560. The molecule has 2 N–H and O–H groups in total. The van der Waals surface area contributed by atoms with Gasteiger partial charge in [-0.25, -0.2) is 9.97 Å². The Morgan fingerprint density at radius 3 is 2.60 bits per heavy atom. The first-order valence-electron chi connectivity index (χ1n) is 15.4. The van der Waals surface area contributed by atoms with Crippen LogP contribution >= 0.6 is 0 Å². The summed E-state index contributed by atoms with van der Waals surface area (Å²) in [6, 6.07) is 6.22. The third kappa shape index (κ3) is 6.05. The van der Waals surface area contributed by atoms with Crippen LogP contribution in [0.15, 0.2) is 49.9 Å². The summed E-state index contributed by atoms with van der Waals surface area (Å²) in [4.78, 5) is 14.3. The topological polar surface area (TPSA) is 74.1 Å². The van der Waals surface area contributed by atoms with E-state index in [0.29, 0.717) is 5.41 Å². The van der Waals surface area contributed by atoms with Gasteiger partial charge in [0.2, 0.25) is 0 Å². The van der Waals surface area contributed by atoms with Crippen molar-refractivity contribution in [3.05, 3.63) is 77.2 Å². The van der Waals surface area contributed by atoms with E-state index in [4.69, 9.17) is 0 Å². The maximum atomic E-state index is 4.69. The van der Waals surface area contributed by atoms with Crippen LogP contribution in [-0.2, 0) is 13.6 Å². The molecule has 0 saturated carbocycles. The molecule has 3 fully saturated rings. The van der Waals surface area contributed by atoms with Gasteiger partial charge >= 0.3 is 0 Å². The van der Waals surface area contributed by atoms with Crippen molar-refractivity contribution in [1.82, 2.24) is 30.0 Å². The molecule has 3 saturated heterocycles. The number of rotatable bonds is 8. The number of aryl methyl sites for hydroxylation is 1. The number of aromatic nitrogens is 4. The zero-order valence-corrected chi connectivity index (χ0v) is 25.2. The maximum Gasteiger partial charge on any atom is 0.130 e. The van der Waals surface area contributed by atoms with Crippen molar-refractivity contribution in [3.8, 4) is 0 Å². The molecule has 220 valence electrons. The summed E-state index contributed by atoms with van der Waals surface area (Å²) in [6.45, 7) is 18.4. The van der Waals surface area contributed by atoms with Crippen molar-refractivity contribution in [2.45, 2.75) is 45.6 Å². The highest BCUT2D eigenvalue weighted by atomic mass is 15.3. The molecule has 0 radical (unpaired) electrons. The minimum atomic E-state index is 0.460. The van der Waals surface area contributed by atoms with Crippen LogP contribution in [0, 0.1) is 5.41 Å². The zero-order chi connectivity index (χ0) is 29.1. The van der Waals surface area contributed by atoms with Crippen molar-refractivity contribution in [3.63, 3.8) is 0 Å². The highest BCUT2D eigenvalue weighted by Gasteiger charge is 2.43. The van der Waals surface area contributed by atoms with Crippen molar-refractivity contribution in [2.24, 2.45) is 12.5 Å². The number of nitrogens with zero attached hydrogens (tertiary/aromatic N) is 6. The predicted octanol–water partition coefficient (Wildman–Crippen LogP) is 3.76. The SMILES string of the molecule is C=C(Nc1cc(=C/C(=C)c2cnn(C)c2CN2CCCCC2)/c(=C\C)cn1)c1ccnc(N2CC3(CCNCC3)C2)c1. The highest BCUT2D eigenvalue weighted by molar-refractivity contribution is 5.87. The normalized spacial score (nSPS) is 19.6. The summed E-state index contributed by atoms with van der Waals surface area (Å²) in [6.07, 6.45) is 16.3. The number of hydrogen-bond acceptors (Lipinski definition) is 7. The molecule has 8 nitrogen and oxygen atoms in total. The van der Waals surface area contributed by atoms with E-state index in [-0.39, 0.29) is 0 Å². The molecule has 3 aliphatic rings. The summed E-state index contributed by atoms with van der Waals surface area (Å²) in [5, 5.41) is 13.6. The highest BCUT2D eigenvalue weighted by Crippen LogP contribution is 2.40. The molecule has 0 bridgehead atoms. The minimum Gasteiger partial charge on any atom is -0.355 e. The Balaban J connectivity index is 1.18. The van der Waals surface area contributed by atoms with Crippen LogP contribution in [0.25, 0.3) is 23.4 Å². The molecule has 6 heterocycles. The van der Waals surface area contributed by atoms with Gasteiger partial charge in [-0.2, -0.15) is 5.10 Å². The van der Waals surface area contributed by atoms with Crippen LogP contribution < -0.4 is 26.0 Å². The molecule has 1 spiro atoms. The summed E-state index contributed by atoms with van der Waals surface area (Å²) in [5.74, 6) is 1.77. The summed E-state index contributed by atoms with van der Waals surface area (Å²) < 4.78 is 1.99. The Morgan fingerprint density at radius 1 is 1.05 bits per heavy atom. The molecule has 6 rings (SSSR count). The number of allylic oxidation sites excluding steroid dienone is 1. The largest absolute Gasteiger partial charge is 0.355 e. The molecular formula is C34H44N8. The molecule has 8 heteroatoms. The lowest BCUT2D eigenvalue weighted by Gasteiger charge is -2.53. The summed E-state index contributed by atoms with van der Waals surface area (Å²) >= 11 is 0. The molecule has 0 aromatic carbocycles. The fourth-order valence-corrected chi connectivity index (χ4v) is 6.63. The van der Waals surface area contributed by atoms with Crippen molar-refractivity contribution in [2.75, 3.05) is 49.5 Å². The molecular weight excluding hydrogens is 520 g/mol. The number of pyridine rings is 2. The van der Waals surface area contributed by atoms with Gasteiger partial charge in [-0.1, -0.05) is 25.7 Å². The molecule has 0 aliphatic carbocycles. The second-order valence-electron chi connectivity index (χ2n) is 12.2. The van der Waals surface area contributed by atoms with Crippen molar-refractivity contribution in [1.29, 1.82) is 0 Å². The molecule has 3 aromatic rings. The zero-order valence-electron chi connectivity index (χ0n) is 25.2. The fourth-order valence-electron chi connectivity index (χ4n) is 6.63. The van der Waals surface area contributed by atoms with Crippen LogP contribution in [0.1, 0.15) is 55.8 Å². The lowest BCUT2D eigenvalue weighted by atomic mass is 9.72. The molecule has 0 unspecified atom stereocenters. The van der Waals surface area contributed by atoms with E-state index in [9.17, 15) is 0 Å². The van der Waals surface area contributed by atoms with Gasteiger partial charge in [0.15, 0.2) is 0 Å². The van der Waals surface area contributed by atoms with E-state index < -0.39 is 0 Å². The van der Waals surface area contributed by atoms with Gasteiger partial charge in [-0.15, -0.1) is 0 Å². The fraction of sp³-hybridized carbons (Fsp3) is 0.441. The predicted molar refractivity (Wildman–Crippen MR) is 173 cm³/mol. The Labute approximate surface area is 249 Å². The summed E-state index contributed by atoms with van der Waals surface area (Å²) in [5.41, 5.74) is 5.55. The first-order chi connectivity index (χ1) is 20.4. The smallest absolute Gasteiger partial charge is 0.130 e. The Morgan fingerprint density at radius 2 is 1.83 bits per heavy atom. The number of likely N-dealkylation sites (tertiary alicyclic amines) is 1. The van der Waals surface area contributed by atoms with E-state index in [2.05, 4.69) is 72.9 Å². The lowest BCUT2D eigenvalue weighted by molar-refractivity contribution is 0.149. The van der Waals surface area contributed by atoms with Gasteiger partial charge in [0.1, 0.15) is 11.6 Å². The van der Waals surface area contributed by atoms with E-state index >= 15 is 0 Å². The molecule has 0 amide bonds. The average molecular weight is 565 g/mol. The van der Waals surface area contributed by atoms with Gasteiger partial charge in [0.05, 0.1) is 11.9 Å². The molecule has 42 heavy (non-hydrogen) atoms. The van der Waals surface area contributed by atoms with Gasteiger partial charge in [0.25, 0.3) is 0 Å². The van der Waals surface area contributed by atoms with E-state index in [1.54, 1.807) is 0 Å². The van der Waals surface area contributed by atoms with Gasteiger partial charge in [0, 0.05) is 61.3 Å². The van der Waals surface area contributed by atoms with Crippen LogP contribution in [0.5, 0.6) is 0 Å². The molecule has 3 aliphatic heterocycles. The van der Waals surface area contributed by atoms with Crippen LogP contribution in [0.4, 0.5) is 11.6 Å². The number of anilines is 2. The number of hydrogen-bond donors (Lipinski definition) is 2. The second-order valence-corrected chi connectivity index (χ2v) is 12.2. The number of nitrogens with one attached hydrogen (secondary N) is 2. The standard InChI is InChI=1S/C34H44N8/c1-5-27-20-37-32(18-29(27)17-25(2)30-21-38-40(4)31(30)22-41-15-7-6-8-16-41)39-26(3)28-9-12-36-33(19-28)42-23-34(24-42)10-13-35-14-11-34/h5,9,12,17-21,35,39H,2-3,6-8,10-11,13-16,22-24H2,1,4H3/b27-5-,29-17-. The number of piperidine rings is 2. The third-order valence-corrected chi connectivity index (χ3v) is 9.25. The van der Waals surface area contributed by atoms with Gasteiger partial charge in [-0.3, -0.25) is 9.58 Å². The minimum absolute atomic E-state index is 0.460. The van der Waals surface area contributed by atoms with Crippen molar-refractivity contribution >= 4 is 35.1 Å².